The number of hydrogen-bond donors (Lipinski definition) is 0. The van der Waals surface area contributed by atoms with Gasteiger partial charge in [-0.25, -0.2) is 0 Å². The lowest BCUT2D eigenvalue weighted by Gasteiger charge is -2.12. The Morgan fingerprint density at radius 3 is 1.87 bits per heavy atom. The molecule has 3 nitrogen and oxygen atoms in total. The number of hydrogen-bond acceptors (Lipinski definition) is 3. The Balaban J connectivity index is 3.32. The highest BCUT2D eigenvalue weighted by Gasteiger charge is 2.09. The van der Waals surface area contributed by atoms with E-state index in [0.717, 1.165) is 5.56 Å². The summed E-state index contributed by atoms with van der Waals surface area (Å²) in [5.74, 6) is 2.10. The third-order valence-corrected chi connectivity index (χ3v) is 2.04. The second kappa shape index (κ2) is 5.29. The van der Waals surface area contributed by atoms with Crippen molar-refractivity contribution in [1.29, 1.82) is 0 Å². The number of ether oxygens (including phenoxy) is 3. The fraction of sp³-hybridized carbons (Fsp3) is 0.250. The molecule has 0 N–H and O–H groups in total. The van der Waals surface area contributed by atoms with Crippen LogP contribution in [0.4, 0.5) is 0 Å². The zero-order valence-electron chi connectivity index (χ0n) is 9.24. The average Bonchev–Trinajstić information content (AvgIpc) is 2.29. The van der Waals surface area contributed by atoms with Gasteiger partial charge in [0.2, 0.25) is 0 Å². The van der Waals surface area contributed by atoms with E-state index in [1.807, 2.05) is 6.08 Å². The van der Waals surface area contributed by atoms with Crippen LogP contribution in [0.5, 0.6) is 17.2 Å². The minimum absolute atomic E-state index is 0.699. The van der Waals surface area contributed by atoms with Gasteiger partial charge in [0.25, 0.3) is 0 Å². The smallest absolute Gasteiger partial charge is 0.133 e. The maximum Gasteiger partial charge on any atom is 0.133 e. The Hall–Kier alpha value is -1.64. The molecule has 0 aromatic heterocycles. The van der Waals surface area contributed by atoms with E-state index in [0.29, 0.717) is 17.2 Å². The molecule has 0 aliphatic heterocycles. The van der Waals surface area contributed by atoms with Gasteiger partial charge in [-0.1, -0.05) is 12.2 Å². The minimum atomic E-state index is 0.699. The van der Waals surface area contributed by atoms with E-state index in [1.54, 1.807) is 39.5 Å². The second-order valence-corrected chi connectivity index (χ2v) is 2.85. The van der Waals surface area contributed by atoms with E-state index in [2.05, 4.69) is 6.92 Å². The zero-order valence-corrected chi connectivity index (χ0v) is 9.24. The molecule has 0 aliphatic rings. The topological polar surface area (TPSA) is 27.7 Å². The first-order valence-corrected chi connectivity index (χ1v) is 4.52. The summed E-state index contributed by atoms with van der Waals surface area (Å²) in [6, 6.07) is 3.61. The van der Waals surface area contributed by atoms with Gasteiger partial charge >= 0.3 is 0 Å². The van der Waals surface area contributed by atoms with Crippen molar-refractivity contribution >= 4 is 6.08 Å². The van der Waals surface area contributed by atoms with Gasteiger partial charge in [-0.3, -0.25) is 0 Å². The lowest BCUT2D eigenvalue weighted by molar-refractivity contribution is 0.374. The number of allylic oxidation sites excluding steroid dienone is 1. The zero-order chi connectivity index (χ0) is 11.3. The summed E-state index contributed by atoms with van der Waals surface area (Å²) in [6.07, 6.45) is 3.52. The van der Waals surface area contributed by atoms with E-state index < -0.39 is 0 Å². The lowest BCUT2D eigenvalue weighted by atomic mass is 10.1. The molecule has 0 atom stereocenters. The molecule has 0 amide bonds. The predicted octanol–water partition coefficient (Wildman–Crippen LogP) is 2.56. The third kappa shape index (κ3) is 2.43. The normalized spacial score (nSPS) is 10.4. The molecular formula is C12H15O3. The van der Waals surface area contributed by atoms with Gasteiger partial charge in [-0.05, 0) is 6.92 Å². The number of methoxy groups -OCH3 is 3. The molecule has 1 aromatic rings. The van der Waals surface area contributed by atoms with Gasteiger partial charge in [0.1, 0.15) is 17.2 Å². The van der Waals surface area contributed by atoms with Gasteiger partial charge < -0.3 is 14.2 Å². The molecule has 1 aromatic carbocycles. The highest BCUT2D eigenvalue weighted by molar-refractivity contribution is 5.66. The van der Waals surface area contributed by atoms with E-state index in [1.165, 1.54) is 0 Å². The SMILES string of the molecule is [CH2]/C=C/c1c(OC)cc(OC)cc1OC. The quantitative estimate of drug-likeness (QED) is 0.759. The molecule has 0 bridgehead atoms. The predicted molar refractivity (Wildman–Crippen MR) is 60.5 cm³/mol. The molecule has 0 aliphatic carbocycles. The van der Waals surface area contributed by atoms with Crippen LogP contribution >= 0.6 is 0 Å². The fourth-order valence-electron chi connectivity index (χ4n) is 1.31. The number of rotatable bonds is 4. The maximum absolute atomic E-state index is 5.24. The molecule has 1 radical (unpaired) electrons. The Kier molecular flexibility index (Phi) is 4.03. The first-order chi connectivity index (χ1) is 7.26. The lowest BCUT2D eigenvalue weighted by Crippen LogP contribution is -1.94. The Morgan fingerprint density at radius 1 is 1.00 bits per heavy atom. The van der Waals surface area contributed by atoms with Crippen molar-refractivity contribution in [2.75, 3.05) is 21.3 Å². The molecule has 0 fully saturated rings. The molecule has 0 saturated heterocycles. The molecule has 0 unspecified atom stereocenters. The minimum Gasteiger partial charge on any atom is -0.496 e. The Labute approximate surface area is 90.3 Å². The van der Waals surface area contributed by atoms with Gasteiger partial charge in [0.05, 0.1) is 26.9 Å². The molecule has 0 spiro atoms. The van der Waals surface area contributed by atoms with Gasteiger partial charge in [0.15, 0.2) is 0 Å². The molecule has 1 rings (SSSR count). The van der Waals surface area contributed by atoms with Crippen LogP contribution in [0.1, 0.15) is 5.56 Å². The average molecular weight is 207 g/mol. The second-order valence-electron chi connectivity index (χ2n) is 2.85. The number of benzene rings is 1. The van der Waals surface area contributed by atoms with E-state index in [-0.39, 0.29) is 0 Å². The fourth-order valence-corrected chi connectivity index (χ4v) is 1.31. The molecular weight excluding hydrogens is 192 g/mol. The van der Waals surface area contributed by atoms with Crippen molar-refractivity contribution in [3.05, 3.63) is 30.7 Å². The first-order valence-electron chi connectivity index (χ1n) is 4.52. The molecule has 0 saturated carbocycles. The van der Waals surface area contributed by atoms with Crippen molar-refractivity contribution in [3.8, 4) is 17.2 Å². The van der Waals surface area contributed by atoms with Crippen molar-refractivity contribution in [2.45, 2.75) is 0 Å². The van der Waals surface area contributed by atoms with Crippen LogP contribution < -0.4 is 14.2 Å². The van der Waals surface area contributed by atoms with Crippen molar-refractivity contribution in [2.24, 2.45) is 0 Å². The molecule has 0 heterocycles. The van der Waals surface area contributed by atoms with Crippen LogP contribution in [0.25, 0.3) is 6.08 Å². The van der Waals surface area contributed by atoms with Gasteiger partial charge in [-0.15, -0.1) is 0 Å². The maximum atomic E-state index is 5.24. The first kappa shape index (κ1) is 11.4. The van der Waals surface area contributed by atoms with Crippen molar-refractivity contribution in [1.82, 2.24) is 0 Å². The van der Waals surface area contributed by atoms with Crippen LogP contribution in [-0.2, 0) is 0 Å². The summed E-state index contributed by atoms with van der Waals surface area (Å²) in [7, 11) is 4.81. The monoisotopic (exact) mass is 207 g/mol. The summed E-state index contributed by atoms with van der Waals surface area (Å²) >= 11 is 0. The Morgan fingerprint density at radius 2 is 1.53 bits per heavy atom. The third-order valence-electron chi connectivity index (χ3n) is 2.04. The molecule has 81 valence electrons. The summed E-state index contributed by atoms with van der Waals surface area (Å²) in [6.45, 7) is 3.65. The molecule has 15 heavy (non-hydrogen) atoms. The van der Waals surface area contributed by atoms with Crippen LogP contribution in [0.3, 0.4) is 0 Å². The summed E-state index contributed by atoms with van der Waals surface area (Å²) in [5.41, 5.74) is 0.857. The Bertz CT molecular complexity index is 331. The van der Waals surface area contributed by atoms with Crippen molar-refractivity contribution in [3.63, 3.8) is 0 Å². The van der Waals surface area contributed by atoms with E-state index in [4.69, 9.17) is 14.2 Å². The largest absolute Gasteiger partial charge is 0.496 e. The van der Waals surface area contributed by atoms with Crippen LogP contribution in [0.2, 0.25) is 0 Å². The van der Waals surface area contributed by atoms with Crippen LogP contribution in [-0.4, -0.2) is 21.3 Å². The van der Waals surface area contributed by atoms with Gasteiger partial charge in [0, 0.05) is 12.1 Å². The van der Waals surface area contributed by atoms with Crippen LogP contribution in [0, 0.1) is 6.92 Å². The molecule has 3 heteroatoms. The highest BCUT2D eigenvalue weighted by atomic mass is 16.5. The van der Waals surface area contributed by atoms with Gasteiger partial charge in [-0.2, -0.15) is 0 Å². The van der Waals surface area contributed by atoms with E-state index in [9.17, 15) is 0 Å². The van der Waals surface area contributed by atoms with E-state index >= 15 is 0 Å². The van der Waals surface area contributed by atoms with Crippen molar-refractivity contribution < 1.29 is 14.2 Å². The standard InChI is InChI=1S/C12H15O3/c1-5-6-10-11(14-3)7-9(13-2)8-12(10)15-4/h5-8H,1H2,2-4H3/b6-5+. The summed E-state index contributed by atoms with van der Waals surface area (Å²) < 4.78 is 15.6. The van der Waals surface area contributed by atoms with Crippen LogP contribution in [0.15, 0.2) is 18.2 Å². The summed E-state index contributed by atoms with van der Waals surface area (Å²) in [4.78, 5) is 0. The summed E-state index contributed by atoms with van der Waals surface area (Å²) in [5, 5.41) is 0. The highest BCUT2D eigenvalue weighted by Crippen LogP contribution is 2.34.